The molecule has 1 rings (SSSR count). The Morgan fingerprint density at radius 1 is 1.25 bits per heavy atom. The van der Waals surface area contributed by atoms with Gasteiger partial charge in [0.1, 0.15) is 0 Å². The Morgan fingerprint density at radius 2 is 2.00 bits per heavy atom. The van der Waals surface area contributed by atoms with Crippen molar-refractivity contribution < 1.29 is 4.74 Å². The largest absolute Gasteiger partial charge is 0.378 e. The molecule has 0 aliphatic carbocycles. The molecule has 1 fully saturated rings. The highest BCUT2D eigenvalue weighted by Gasteiger charge is 2.18. The molecular weight excluding hydrogens is 200 g/mol. The lowest BCUT2D eigenvalue weighted by atomic mass is 10.1. The van der Waals surface area contributed by atoms with Gasteiger partial charge in [-0.25, -0.2) is 0 Å². The number of rotatable bonds is 8. The molecule has 0 spiro atoms. The van der Waals surface area contributed by atoms with Crippen LogP contribution >= 0.6 is 0 Å². The molecule has 16 heavy (non-hydrogen) atoms. The fourth-order valence-corrected chi connectivity index (χ4v) is 2.24. The third kappa shape index (κ3) is 5.83. The van der Waals surface area contributed by atoms with Gasteiger partial charge in [-0.3, -0.25) is 0 Å². The third-order valence-electron chi connectivity index (χ3n) is 3.18. The Balaban J connectivity index is 1.95. The normalized spacial score (nSPS) is 19.1. The summed E-state index contributed by atoms with van der Waals surface area (Å²) < 4.78 is 5.89. The summed E-state index contributed by atoms with van der Waals surface area (Å²) in [4.78, 5) is 2.55. The van der Waals surface area contributed by atoms with E-state index in [1.165, 1.54) is 38.9 Å². The van der Waals surface area contributed by atoms with E-state index in [9.17, 15) is 0 Å². The average Bonchev–Trinajstić information content (AvgIpc) is 2.31. The van der Waals surface area contributed by atoms with E-state index < -0.39 is 0 Å². The van der Waals surface area contributed by atoms with Crippen LogP contribution in [-0.2, 0) is 4.74 Å². The molecule has 1 heterocycles. The molecule has 1 aliphatic heterocycles. The summed E-state index contributed by atoms with van der Waals surface area (Å²) in [5.41, 5.74) is 0. The number of nitrogens with zero attached hydrogens (tertiary/aromatic N) is 1. The molecule has 0 aromatic rings. The summed E-state index contributed by atoms with van der Waals surface area (Å²) in [6, 6.07) is 0. The maximum atomic E-state index is 5.89. The topological polar surface area (TPSA) is 24.5 Å². The van der Waals surface area contributed by atoms with Gasteiger partial charge in [0.05, 0.1) is 6.10 Å². The highest BCUT2D eigenvalue weighted by molar-refractivity contribution is 4.72. The van der Waals surface area contributed by atoms with Crippen LogP contribution in [0.2, 0.25) is 0 Å². The van der Waals surface area contributed by atoms with Crippen molar-refractivity contribution in [3.8, 4) is 0 Å². The van der Waals surface area contributed by atoms with E-state index in [1.807, 2.05) is 0 Å². The second-order valence-corrected chi connectivity index (χ2v) is 4.62. The highest BCUT2D eigenvalue weighted by Crippen LogP contribution is 2.13. The molecule has 0 atom stereocenters. The SMILES string of the molecule is CCCN1CCC(OCCCNCC)CC1. The molecule has 0 aromatic heterocycles. The number of likely N-dealkylation sites (tertiary alicyclic amines) is 1. The van der Waals surface area contributed by atoms with Crippen LogP contribution in [0.15, 0.2) is 0 Å². The van der Waals surface area contributed by atoms with Crippen LogP contribution in [0.1, 0.15) is 39.5 Å². The van der Waals surface area contributed by atoms with Gasteiger partial charge in [0.2, 0.25) is 0 Å². The summed E-state index contributed by atoms with van der Waals surface area (Å²) in [7, 11) is 0. The molecule has 1 aliphatic rings. The molecule has 0 aromatic carbocycles. The van der Waals surface area contributed by atoms with Crippen LogP contribution < -0.4 is 5.32 Å². The van der Waals surface area contributed by atoms with Gasteiger partial charge in [-0.05, 0) is 45.3 Å². The number of ether oxygens (including phenoxy) is 1. The zero-order valence-corrected chi connectivity index (χ0v) is 11.0. The van der Waals surface area contributed by atoms with E-state index in [-0.39, 0.29) is 0 Å². The average molecular weight is 228 g/mol. The molecule has 0 unspecified atom stereocenters. The minimum Gasteiger partial charge on any atom is -0.378 e. The Hall–Kier alpha value is -0.120. The van der Waals surface area contributed by atoms with Crippen LogP contribution in [0.5, 0.6) is 0 Å². The predicted octanol–water partition coefficient (Wildman–Crippen LogP) is 1.88. The van der Waals surface area contributed by atoms with Crippen LogP contribution in [-0.4, -0.2) is 50.3 Å². The molecule has 3 nitrogen and oxygen atoms in total. The first-order chi connectivity index (χ1) is 7.86. The Labute approximate surface area is 101 Å². The van der Waals surface area contributed by atoms with Gasteiger partial charge in [-0.15, -0.1) is 0 Å². The Morgan fingerprint density at radius 3 is 2.62 bits per heavy atom. The van der Waals surface area contributed by atoms with Crippen molar-refractivity contribution in [1.29, 1.82) is 0 Å². The minimum absolute atomic E-state index is 0.523. The lowest BCUT2D eigenvalue weighted by molar-refractivity contribution is 0.00680. The van der Waals surface area contributed by atoms with Crippen LogP contribution in [0, 0.1) is 0 Å². The van der Waals surface area contributed by atoms with Gasteiger partial charge >= 0.3 is 0 Å². The summed E-state index contributed by atoms with van der Waals surface area (Å²) in [5.74, 6) is 0. The molecule has 0 amide bonds. The van der Waals surface area contributed by atoms with Crippen molar-refractivity contribution in [2.24, 2.45) is 0 Å². The van der Waals surface area contributed by atoms with Gasteiger partial charge in [-0.2, -0.15) is 0 Å². The minimum atomic E-state index is 0.523. The molecule has 1 saturated heterocycles. The van der Waals surface area contributed by atoms with Crippen molar-refractivity contribution in [2.75, 3.05) is 39.3 Å². The van der Waals surface area contributed by atoms with E-state index in [1.54, 1.807) is 0 Å². The number of nitrogens with one attached hydrogen (secondary N) is 1. The predicted molar refractivity (Wildman–Crippen MR) is 68.9 cm³/mol. The molecule has 1 N–H and O–H groups in total. The van der Waals surface area contributed by atoms with E-state index in [2.05, 4.69) is 24.1 Å². The summed E-state index contributed by atoms with van der Waals surface area (Å²) in [6.07, 6.45) is 5.38. The van der Waals surface area contributed by atoms with Crippen LogP contribution in [0.25, 0.3) is 0 Å². The highest BCUT2D eigenvalue weighted by atomic mass is 16.5. The number of hydrogen-bond donors (Lipinski definition) is 1. The lowest BCUT2D eigenvalue weighted by Gasteiger charge is -2.31. The molecule has 96 valence electrons. The van der Waals surface area contributed by atoms with Crippen molar-refractivity contribution >= 4 is 0 Å². The fraction of sp³-hybridized carbons (Fsp3) is 1.00. The molecular formula is C13H28N2O. The van der Waals surface area contributed by atoms with Crippen molar-refractivity contribution in [3.05, 3.63) is 0 Å². The Kier molecular flexibility index (Phi) is 7.81. The van der Waals surface area contributed by atoms with E-state index in [0.717, 1.165) is 26.1 Å². The second kappa shape index (κ2) is 8.97. The first kappa shape index (κ1) is 13.9. The first-order valence-corrected chi connectivity index (χ1v) is 6.91. The molecule has 3 heteroatoms. The van der Waals surface area contributed by atoms with Gasteiger partial charge in [0.15, 0.2) is 0 Å². The van der Waals surface area contributed by atoms with Crippen LogP contribution in [0.4, 0.5) is 0 Å². The number of hydrogen-bond acceptors (Lipinski definition) is 3. The second-order valence-electron chi connectivity index (χ2n) is 4.62. The van der Waals surface area contributed by atoms with Gasteiger partial charge in [0.25, 0.3) is 0 Å². The Bertz CT molecular complexity index is 156. The fourth-order valence-electron chi connectivity index (χ4n) is 2.24. The van der Waals surface area contributed by atoms with Crippen molar-refractivity contribution in [1.82, 2.24) is 10.2 Å². The summed E-state index contributed by atoms with van der Waals surface area (Å²) in [5, 5.41) is 3.32. The standard InChI is InChI=1S/C13H28N2O/c1-3-9-15-10-6-13(7-11-15)16-12-5-8-14-4-2/h13-14H,3-12H2,1-2H3. The summed E-state index contributed by atoms with van der Waals surface area (Å²) in [6.45, 7) is 11.2. The van der Waals surface area contributed by atoms with E-state index in [0.29, 0.717) is 6.10 Å². The zero-order chi connectivity index (χ0) is 11.6. The van der Waals surface area contributed by atoms with Gasteiger partial charge in [0, 0.05) is 19.7 Å². The van der Waals surface area contributed by atoms with Crippen molar-refractivity contribution in [2.45, 2.75) is 45.6 Å². The lowest BCUT2D eigenvalue weighted by Crippen LogP contribution is -2.37. The molecule has 0 bridgehead atoms. The number of piperidine rings is 1. The van der Waals surface area contributed by atoms with Crippen LogP contribution in [0.3, 0.4) is 0 Å². The molecule has 0 saturated carbocycles. The van der Waals surface area contributed by atoms with E-state index in [4.69, 9.17) is 4.74 Å². The maximum absolute atomic E-state index is 5.89. The smallest absolute Gasteiger partial charge is 0.0599 e. The van der Waals surface area contributed by atoms with Gasteiger partial charge in [-0.1, -0.05) is 13.8 Å². The molecule has 0 radical (unpaired) electrons. The first-order valence-electron chi connectivity index (χ1n) is 6.91. The monoisotopic (exact) mass is 228 g/mol. The quantitative estimate of drug-likeness (QED) is 0.642. The zero-order valence-electron chi connectivity index (χ0n) is 11.0. The third-order valence-corrected chi connectivity index (χ3v) is 3.18. The summed E-state index contributed by atoms with van der Waals surface area (Å²) >= 11 is 0. The van der Waals surface area contributed by atoms with Gasteiger partial charge < -0.3 is 15.0 Å². The van der Waals surface area contributed by atoms with E-state index >= 15 is 0 Å². The maximum Gasteiger partial charge on any atom is 0.0599 e. The van der Waals surface area contributed by atoms with Crippen molar-refractivity contribution in [3.63, 3.8) is 0 Å².